The fourth-order valence-corrected chi connectivity index (χ4v) is 2.21. The summed E-state index contributed by atoms with van der Waals surface area (Å²) in [4.78, 5) is -1.90. The van der Waals surface area contributed by atoms with Crippen LogP contribution in [0.1, 0.15) is 0 Å². The van der Waals surface area contributed by atoms with E-state index in [4.69, 9.17) is 19.9 Å². The van der Waals surface area contributed by atoms with Crippen molar-refractivity contribution in [1.29, 1.82) is 0 Å². The Morgan fingerprint density at radius 1 is 1.00 bits per heavy atom. The molecule has 0 saturated carbocycles. The third-order valence-corrected chi connectivity index (χ3v) is 3.39. The van der Waals surface area contributed by atoms with E-state index in [-0.39, 0.29) is 0 Å². The molecule has 1 rings (SSSR count). The molecule has 0 atom stereocenters. The molecule has 0 amide bonds. The van der Waals surface area contributed by atoms with Crippen molar-refractivity contribution in [2.45, 2.75) is 9.79 Å². The summed E-state index contributed by atoms with van der Waals surface area (Å²) in [5, 5.41) is 9.13. The van der Waals surface area contributed by atoms with Crippen LogP contribution in [0.3, 0.4) is 0 Å². The van der Waals surface area contributed by atoms with Crippen LogP contribution in [0.4, 0.5) is 5.69 Å². The van der Waals surface area contributed by atoms with Crippen LogP contribution in [0.2, 0.25) is 0 Å². The molecule has 0 aromatic heterocycles. The molecule has 16 heavy (non-hydrogen) atoms. The first-order chi connectivity index (χ1) is 7.03. The van der Waals surface area contributed by atoms with Crippen LogP contribution in [-0.4, -0.2) is 31.0 Å². The lowest BCUT2D eigenvalue weighted by Gasteiger charge is -2.06. The number of phenols is 1. The average Bonchev–Trinajstić information content (AvgIpc) is 2.05. The van der Waals surface area contributed by atoms with Crippen molar-refractivity contribution in [3.8, 4) is 5.75 Å². The molecule has 0 spiro atoms. The van der Waals surface area contributed by atoms with Gasteiger partial charge in [-0.25, -0.2) is 0 Å². The maximum Gasteiger partial charge on any atom is 0.296 e. The largest absolute Gasteiger partial charge is 0.506 e. The number of benzene rings is 1. The summed E-state index contributed by atoms with van der Waals surface area (Å²) in [5.41, 5.74) is 4.40. The van der Waals surface area contributed by atoms with Gasteiger partial charge in [-0.1, -0.05) is 0 Å². The van der Waals surface area contributed by atoms with E-state index in [0.29, 0.717) is 12.1 Å². The van der Waals surface area contributed by atoms with Crippen molar-refractivity contribution < 1.29 is 31.0 Å². The zero-order chi connectivity index (χ0) is 12.7. The molecule has 0 aliphatic heterocycles. The molecule has 0 aliphatic rings. The van der Waals surface area contributed by atoms with Gasteiger partial charge >= 0.3 is 0 Å². The highest BCUT2D eigenvalue weighted by molar-refractivity contribution is 7.86. The van der Waals surface area contributed by atoms with Gasteiger partial charge in [-0.15, -0.1) is 0 Å². The Labute approximate surface area is 90.8 Å². The van der Waals surface area contributed by atoms with Gasteiger partial charge in [-0.2, -0.15) is 16.8 Å². The molecule has 10 heteroatoms. The lowest BCUT2D eigenvalue weighted by atomic mass is 10.3. The Morgan fingerprint density at radius 3 is 1.88 bits per heavy atom. The smallest absolute Gasteiger partial charge is 0.296 e. The number of hydrogen-bond acceptors (Lipinski definition) is 6. The van der Waals surface area contributed by atoms with Crippen LogP contribution >= 0.6 is 0 Å². The summed E-state index contributed by atoms with van der Waals surface area (Å²) < 4.78 is 60.3. The normalized spacial score (nSPS) is 12.6. The van der Waals surface area contributed by atoms with E-state index in [1.54, 1.807) is 0 Å². The van der Waals surface area contributed by atoms with Gasteiger partial charge in [0, 0.05) is 6.07 Å². The number of anilines is 1. The van der Waals surface area contributed by atoms with Gasteiger partial charge in [0.05, 0.1) is 10.6 Å². The number of nitrogen functional groups attached to an aromatic ring is 1. The molecular weight excluding hydrogens is 262 g/mol. The lowest BCUT2D eigenvalue weighted by Crippen LogP contribution is -2.06. The van der Waals surface area contributed by atoms with Crippen LogP contribution in [0.15, 0.2) is 21.9 Å². The molecule has 8 nitrogen and oxygen atoms in total. The highest BCUT2D eigenvalue weighted by Crippen LogP contribution is 2.31. The summed E-state index contributed by atoms with van der Waals surface area (Å²) in [5.74, 6) is -0.886. The summed E-state index contributed by atoms with van der Waals surface area (Å²) >= 11 is 0. The van der Waals surface area contributed by atoms with Crippen molar-refractivity contribution >= 4 is 25.9 Å². The fourth-order valence-electron chi connectivity index (χ4n) is 0.950. The van der Waals surface area contributed by atoms with Crippen molar-refractivity contribution in [3.63, 3.8) is 0 Å². The van der Waals surface area contributed by atoms with E-state index >= 15 is 0 Å². The summed E-state index contributed by atoms with van der Waals surface area (Å²) in [6, 6.07) is 0.985. The molecular formula is C6H7NO7S2. The SMILES string of the molecule is Nc1c(O)cc(S(=O)(=O)O)cc1S(=O)(=O)O. The van der Waals surface area contributed by atoms with E-state index in [1.165, 1.54) is 0 Å². The zero-order valence-corrected chi connectivity index (χ0v) is 9.16. The Kier molecular flexibility index (Phi) is 2.85. The van der Waals surface area contributed by atoms with E-state index < -0.39 is 41.5 Å². The summed E-state index contributed by atoms with van der Waals surface area (Å²) in [7, 11) is -9.52. The number of aromatic hydroxyl groups is 1. The van der Waals surface area contributed by atoms with Crippen molar-refractivity contribution in [3.05, 3.63) is 12.1 Å². The predicted molar refractivity (Wildman–Crippen MR) is 52.1 cm³/mol. The standard InChI is InChI=1S/C6H7NO7S2/c7-6-4(8)1-3(15(9,10)11)2-5(6)16(12,13)14/h1-2,8H,7H2,(H,9,10,11)(H,12,13,14). The Morgan fingerprint density at radius 2 is 1.50 bits per heavy atom. The molecule has 90 valence electrons. The van der Waals surface area contributed by atoms with Gasteiger partial charge in [-0.05, 0) is 6.07 Å². The second-order valence-corrected chi connectivity index (χ2v) is 5.62. The van der Waals surface area contributed by atoms with Gasteiger partial charge in [0.2, 0.25) is 0 Å². The maximum absolute atomic E-state index is 10.8. The molecule has 0 fully saturated rings. The van der Waals surface area contributed by atoms with E-state index in [9.17, 15) is 16.8 Å². The molecule has 0 radical (unpaired) electrons. The van der Waals surface area contributed by atoms with E-state index in [2.05, 4.69) is 0 Å². The molecule has 5 N–H and O–H groups in total. The number of rotatable bonds is 2. The minimum absolute atomic E-state index is 0.430. The monoisotopic (exact) mass is 269 g/mol. The third kappa shape index (κ3) is 2.41. The molecule has 0 heterocycles. The molecule has 0 aliphatic carbocycles. The molecule has 1 aromatic carbocycles. The van der Waals surface area contributed by atoms with Crippen LogP contribution in [-0.2, 0) is 20.2 Å². The van der Waals surface area contributed by atoms with E-state index in [0.717, 1.165) is 0 Å². The Balaban J connectivity index is 3.72. The first kappa shape index (κ1) is 12.7. The van der Waals surface area contributed by atoms with Gasteiger partial charge < -0.3 is 10.8 Å². The summed E-state index contributed by atoms with van der Waals surface area (Å²) in [6.07, 6.45) is 0. The predicted octanol–water partition coefficient (Wildman–Crippen LogP) is -0.532. The van der Waals surface area contributed by atoms with Crippen molar-refractivity contribution in [2.24, 2.45) is 0 Å². The fraction of sp³-hybridized carbons (Fsp3) is 0. The van der Waals surface area contributed by atoms with Gasteiger partial charge in [-0.3, -0.25) is 9.11 Å². The second kappa shape index (κ2) is 3.59. The van der Waals surface area contributed by atoms with Gasteiger partial charge in [0.25, 0.3) is 20.2 Å². The molecule has 0 saturated heterocycles. The lowest BCUT2D eigenvalue weighted by molar-refractivity contribution is 0.462. The summed E-state index contributed by atoms with van der Waals surface area (Å²) in [6.45, 7) is 0. The van der Waals surface area contributed by atoms with Crippen LogP contribution < -0.4 is 5.73 Å². The van der Waals surface area contributed by atoms with Crippen LogP contribution in [0, 0.1) is 0 Å². The van der Waals surface area contributed by atoms with Gasteiger partial charge in [0.1, 0.15) is 10.6 Å². The van der Waals surface area contributed by atoms with Crippen LogP contribution in [0.5, 0.6) is 5.75 Å². The van der Waals surface area contributed by atoms with Crippen LogP contribution in [0.25, 0.3) is 0 Å². The number of nitrogens with two attached hydrogens (primary N) is 1. The minimum Gasteiger partial charge on any atom is -0.506 e. The van der Waals surface area contributed by atoms with Crippen molar-refractivity contribution in [1.82, 2.24) is 0 Å². The quantitative estimate of drug-likeness (QED) is 0.317. The molecule has 0 bridgehead atoms. The third-order valence-electron chi connectivity index (χ3n) is 1.67. The van der Waals surface area contributed by atoms with Gasteiger partial charge in [0.15, 0.2) is 0 Å². The van der Waals surface area contributed by atoms with Crippen molar-refractivity contribution in [2.75, 3.05) is 5.73 Å². The first-order valence-corrected chi connectivity index (χ1v) is 6.49. The topological polar surface area (TPSA) is 155 Å². The zero-order valence-electron chi connectivity index (χ0n) is 7.52. The minimum atomic E-state index is -4.80. The van der Waals surface area contributed by atoms with E-state index in [1.807, 2.05) is 0 Å². The average molecular weight is 269 g/mol. The maximum atomic E-state index is 10.8. The second-order valence-electron chi connectivity index (χ2n) is 2.80. The molecule has 0 unspecified atom stereocenters. The number of phenolic OH excluding ortho intramolecular Hbond substituents is 1. The molecule has 1 aromatic rings. The highest BCUT2D eigenvalue weighted by Gasteiger charge is 2.22. The highest BCUT2D eigenvalue weighted by atomic mass is 32.2. The first-order valence-electron chi connectivity index (χ1n) is 3.61. The Bertz CT molecular complexity index is 631. The Hall–Kier alpha value is -1.36. The number of hydrogen-bond donors (Lipinski definition) is 4.